The highest BCUT2D eigenvalue weighted by atomic mass is 35.5. The highest BCUT2D eigenvalue weighted by Crippen LogP contribution is 2.26. The highest BCUT2D eigenvalue weighted by molar-refractivity contribution is 7.08. The fourth-order valence-electron chi connectivity index (χ4n) is 1.99. The standard InChI is InChI=1S/C16H9ClF2N2O2S/c17-12-2-1-3-13(19)11(12)8-23-16(22)15-14(20-21-24-15)9-4-6-10(18)7-5-9/h1-7H,8H2. The van der Waals surface area contributed by atoms with Gasteiger partial charge in [0.1, 0.15) is 23.9 Å². The van der Waals surface area contributed by atoms with Crippen molar-refractivity contribution in [2.24, 2.45) is 0 Å². The maximum Gasteiger partial charge on any atom is 0.352 e. The van der Waals surface area contributed by atoms with Gasteiger partial charge in [-0.3, -0.25) is 0 Å². The Labute approximate surface area is 144 Å². The highest BCUT2D eigenvalue weighted by Gasteiger charge is 2.20. The van der Waals surface area contributed by atoms with Crippen LogP contribution in [0.25, 0.3) is 11.3 Å². The minimum atomic E-state index is -0.705. The Morgan fingerprint density at radius 2 is 1.92 bits per heavy atom. The Morgan fingerprint density at radius 1 is 1.17 bits per heavy atom. The van der Waals surface area contributed by atoms with Gasteiger partial charge >= 0.3 is 5.97 Å². The van der Waals surface area contributed by atoms with Gasteiger partial charge in [0.2, 0.25) is 0 Å². The molecule has 0 saturated heterocycles. The Bertz CT molecular complexity index is 864. The van der Waals surface area contributed by atoms with Crippen molar-refractivity contribution < 1.29 is 18.3 Å². The predicted octanol–water partition coefficient (Wildman–Crippen LogP) is 4.49. The maximum absolute atomic E-state index is 13.7. The number of aromatic nitrogens is 2. The van der Waals surface area contributed by atoms with Crippen LogP contribution >= 0.6 is 23.1 Å². The molecule has 0 unspecified atom stereocenters. The van der Waals surface area contributed by atoms with E-state index in [0.717, 1.165) is 11.5 Å². The first kappa shape index (κ1) is 16.5. The van der Waals surface area contributed by atoms with Crippen LogP contribution in [0, 0.1) is 11.6 Å². The summed E-state index contributed by atoms with van der Waals surface area (Å²) < 4.78 is 35.5. The van der Waals surface area contributed by atoms with Crippen LogP contribution in [-0.4, -0.2) is 15.6 Å². The van der Waals surface area contributed by atoms with E-state index in [2.05, 4.69) is 9.59 Å². The predicted molar refractivity (Wildman–Crippen MR) is 85.8 cm³/mol. The molecule has 1 heterocycles. The van der Waals surface area contributed by atoms with Crippen LogP contribution in [0.5, 0.6) is 0 Å². The summed E-state index contributed by atoms with van der Waals surface area (Å²) in [4.78, 5) is 12.4. The Kier molecular flexibility index (Phi) is 4.82. The fourth-order valence-corrected chi connectivity index (χ4v) is 2.80. The van der Waals surface area contributed by atoms with E-state index in [1.807, 2.05) is 0 Å². The second kappa shape index (κ2) is 7.02. The molecule has 4 nitrogen and oxygen atoms in total. The zero-order chi connectivity index (χ0) is 17.1. The number of hydrogen-bond donors (Lipinski definition) is 0. The number of rotatable bonds is 4. The molecule has 122 valence electrons. The molecular formula is C16H9ClF2N2O2S. The van der Waals surface area contributed by atoms with E-state index in [-0.39, 0.29) is 27.8 Å². The van der Waals surface area contributed by atoms with Gasteiger partial charge in [0.05, 0.1) is 5.02 Å². The third-order valence-corrected chi connectivity index (χ3v) is 4.26. The van der Waals surface area contributed by atoms with Gasteiger partial charge in [0, 0.05) is 11.1 Å². The first-order chi connectivity index (χ1) is 11.6. The summed E-state index contributed by atoms with van der Waals surface area (Å²) in [6.45, 7) is -0.314. The summed E-state index contributed by atoms with van der Waals surface area (Å²) in [7, 11) is 0. The topological polar surface area (TPSA) is 52.1 Å². The van der Waals surface area contributed by atoms with E-state index in [0.29, 0.717) is 5.56 Å². The Balaban J connectivity index is 1.79. The van der Waals surface area contributed by atoms with Crippen LogP contribution in [0.2, 0.25) is 5.02 Å². The second-order valence-electron chi connectivity index (χ2n) is 4.73. The molecule has 1 aromatic heterocycles. The van der Waals surface area contributed by atoms with Gasteiger partial charge in [-0.05, 0) is 47.9 Å². The lowest BCUT2D eigenvalue weighted by atomic mass is 10.1. The molecule has 0 aliphatic heterocycles. The summed E-state index contributed by atoms with van der Waals surface area (Å²) in [5, 5.41) is 4.04. The minimum Gasteiger partial charge on any atom is -0.456 e. The molecule has 0 N–H and O–H groups in total. The normalized spacial score (nSPS) is 10.6. The third kappa shape index (κ3) is 3.42. The van der Waals surface area contributed by atoms with Crippen LogP contribution in [0.4, 0.5) is 8.78 Å². The molecule has 3 aromatic rings. The van der Waals surface area contributed by atoms with E-state index in [1.165, 1.54) is 42.5 Å². The van der Waals surface area contributed by atoms with Gasteiger partial charge in [0.25, 0.3) is 0 Å². The van der Waals surface area contributed by atoms with Crippen LogP contribution in [0.3, 0.4) is 0 Å². The molecular weight excluding hydrogens is 358 g/mol. The molecule has 0 atom stereocenters. The lowest BCUT2D eigenvalue weighted by molar-refractivity contribution is 0.0475. The van der Waals surface area contributed by atoms with E-state index < -0.39 is 17.6 Å². The molecule has 0 aliphatic carbocycles. The largest absolute Gasteiger partial charge is 0.456 e. The number of nitrogens with zero attached hydrogens (tertiary/aromatic N) is 2. The lowest BCUT2D eigenvalue weighted by Crippen LogP contribution is -2.06. The molecule has 0 bridgehead atoms. The van der Waals surface area contributed by atoms with E-state index in [1.54, 1.807) is 0 Å². The molecule has 24 heavy (non-hydrogen) atoms. The third-order valence-electron chi connectivity index (χ3n) is 3.20. The molecule has 0 fully saturated rings. The number of hydrogen-bond acceptors (Lipinski definition) is 5. The SMILES string of the molecule is O=C(OCc1c(F)cccc1Cl)c1snnc1-c1ccc(F)cc1. The monoisotopic (exact) mass is 366 g/mol. The van der Waals surface area contributed by atoms with Crippen molar-refractivity contribution >= 4 is 29.1 Å². The van der Waals surface area contributed by atoms with Crippen LogP contribution in [0.15, 0.2) is 42.5 Å². The summed E-state index contributed by atoms with van der Waals surface area (Å²) >= 11 is 6.74. The summed E-state index contributed by atoms with van der Waals surface area (Å²) in [6, 6.07) is 9.67. The minimum absolute atomic E-state index is 0.0910. The van der Waals surface area contributed by atoms with Crippen molar-refractivity contribution in [3.63, 3.8) is 0 Å². The molecule has 2 aromatic carbocycles. The van der Waals surface area contributed by atoms with Crippen LogP contribution < -0.4 is 0 Å². The van der Waals surface area contributed by atoms with Gasteiger partial charge in [-0.25, -0.2) is 13.6 Å². The average Bonchev–Trinajstić information content (AvgIpc) is 3.04. The number of halogens is 3. The van der Waals surface area contributed by atoms with Crippen molar-refractivity contribution in [3.05, 3.63) is 69.6 Å². The number of esters is 1. The van der Waals surface area contributed by atoms with Gasteiger partial charge < -0.3 is 4.74 Å². The average molecular weight is 367 g/mol. The Hall–Kier alpha value is -2.38. The number of ether oxygens (including phenoxy) is 1. The maximum atomic E-state index is 13.7. The molecule has 0 spiro atoms. The molecule has 3 rings (SSSR count). The van der Waals surface area contributed by atoms with Gasteiger partial charge in [-0.2, -0.15) is 0 Å². The summed E-state index contributed by atoms with van der Waals surface area (Å²) in [5.74, 6) is -1.67. The van der Waals surface area contributed by atoms with Crippen molar-refractivity contribution in [2.75, 3.05) is 0 Å². The second-order valence-corrected chi connectivity index (χ2v) is 5.90. The van der Waals surface area contributed by atoms with Gasteiger partial charge in [-0.15, -0.1) is 5.10 Å². The quantitative estimate of drug-likeness (QED) is 0.638. The van der Waals surface area contributed by atoms with E-state index >= 15 is 0 Å². The summed E-state index contributed by atoms with van der Waals surface area (Å²) in [5.41, 5.74) is 0.902. The van der Waals surface area contributed by atoms with Crippen molar-refractivity contribution in [1.82, 2.24) is 9.59 Å². The Morgan fingerprint density at radius 3 is 2.62 bits per heavy atom. The first-order valence-electron chi connectivity index (χ1n) is 6.74. The molecule has 0 amide bonds. The van der Waals surface area contributed by atoms with Crippen molar-refractivity contribution in [1.29, 1.82) is 0 Å². The fraction of sp³-hybridized carbons (Fsp3) is 0.0625. The van der Waals surface area contributed by atoms with E-state index in [4.69, 9.17) is 16.3 Å². The van der Waals surface area contributed by atoms with Crippen molar-refractivity contribution in [3.8, 4) is 11.3 Å². The first-order valence-corrected chi connectivity index (χ1v) is 7.89. The van der Waals surface area contributed by atoms with Gasteiger partial charge in [0.15, 0.2) is 4.88 Å². The smallest absolute Gasteiger partial charge is 0.352 e. The zero-order valence-electron chi connectivity index (χ0n) is 12.0. The molecule has 8 heteroatoms. The van der Waals surface area contributed by atoms with Crippen LogP contribution in [0.1, 0.15) is 15.2 Å². The van der Waals surface area contributed by atoms with Crippen molar-refractivity contribution in [2.45, 2.75) is 6.61 Å². The molecule has 0 aliphatic rings. The van der Waals surface area contributed by atoms with Gasteiger partial charge in [-0.1, -0.05) is 22.2 Å². The lowest BCUT2D eigenvalue weighted by Gasteiger charge is -2.07. The number of benzene rings is 2. The summed E-state index contributed by atoms with van der Waals surface area (Å²) in [6.07, 6.45) is 0. The molecule has 0 saturated carbocycles. The number of carbonyl (C=O) groups is 1. The number of carbonyl (C=O) groups excluding carboxylic acids is 1. The molecule has 0 radical (unpaired) electrons. The zero-order valence-corrected chi connectivity index (χ0v) is 13.6. The van der Waals surface area contributed by atoms with Crippen LogP contribution in [-0.2, 0) is 11.3 Å². The van der Waals surface area contributed by atoms with E-state index in [9.17, 15) is 13.6 Å².